The van der Waals surface area contributed by atoms with E-state index in [9.17, 15) is 18.0 Å². The third-order valence-corrected chi connectivity index (χ3v) is 5.29. The first-order valence-corrected chi connectivity index (χ1v) is 8.51. The van der Waals surface area contributed by atoms with E-state index in [0.717, 1.165) is 44.6 Å². The maximum atomic E-state index is 13.3. The first kappa shape index (κ1) is 17.3. The van der Waals surface area contributed by atoms with Crippen LogP contribution in [0.1, 0.15) is 31.2 Å². The Hall–Kier alpha value is -1.56. The smallest absolute Gasteiger partial charge is 0.223 e. The van der Waals surface area contributed by atoms with E-state index in [0.29, 0.717) is 31.5 Å². The van der Waals surface area contributed by atoms with E-state index in [2.05, 4.69) is 4.90 Å². The molecule has 2 aliphatic heterocycles. The van der Waals surface area contributed by atoms with Crippen LogP contribution in [0.3, 0.4) is 0 Å². The quantitative estimate of drug-likeness (QED) is 0.822. The van der Waals surface area contributed by atoms with Crippen molar-refractivity contribution < 1.29 is 18.0 Å². The average molecular weight is 340 g/mol. The fourth-order valence-corrected chi connectivity index (χ4v) is 3.85. The maximum absolute atomic E-state index is 13.3. The minimum absolute atomic E-state index is 0.0120. The zero-order valence-corrected chi connectivity index (χ0v) is 13.7. The summed E-state index contributed by atoms with van der Waals surface area (Å²) in [5.74, 6) is -1.67. The zero-order chi connectivity index (χ0) is 17.2. The van der Waals surface area contributed by atoms with Gasteiger partial charge in [0.05, 0.1) is 6.67 Å². The van der Waals surface area contributed by atoms with Gasteiger partial charge in [-0.2, -0.15) is 0 Å². The van der Waals surface area contributed by atoms with Crippen LogP contribution >= 0.6 is 0 Å². The van der Waals surface area contributed by atoms with Gasteiger partial charge >= 0.3 is 0 Å². The van der Waals surface area contributed by atoms with Gasteiger partial charge in [0.2, 0.25) is 5.91 Å². The predicted molar refractivity (Wildman–Crippen MR) is 85.1 cm³/mol. The van der Waals surface area contributed by atoms with E-state index in [1.807, 2.05) is 0 Å². The third kappa shape index (κ3) is 3.74. The van der Waals surface area contributed by atoms with Gasteiger partial charge in [0.1, 0.15) is 0 Å². The molecule has 2 aliphatic rings. The lowest BCUT2D eigenvalue weighted by molar-refractivity contribution is -0.128. The molecule has 0 N–H and O–H groups in total. The number of piperidine rings is 1. The minimum atomic E-state index is -0.880. The molecule has 1 aromatic carbocycles. The Bertz CT molecular complexity index is 600. The van der Waals surface area contributed by atoms with Crippen LogP contribution < -0.4 is 0 Å². The van der Waals surface area contributed by atoms with Crippen LogP contribution in [-0.2, 0) is 11.3 Å². The Kier molecular flexibility index (Phi) is 5.13. The van der Waals surface area contributed by atoms with Gasteiger partial charge < -0.3 is 9.80 Å². The van der Waals surface area contributed by atoms with E-state index >= 15 is 0 Å². The van der Waals surface area contributed by atoms with Crippen molar-refractivity contribution in [1.82, 2.24) is 9.80 Å². The number of carbonyl (C=O) groups excluding carboxylic acids is 1. The molecule has 3 nitrogen and oxygen atoms in total. The largest absolute Gasteiger partial charge is 0.338 e. The van der Waals surface area contributed by atoms with Crippen molar-refractivity contribution in [3.8, 4) is 0 Å². The van der Waals surface area contributed by atoms with Crippen LogP contribution in [0.4, 0.5) is 13.2 Å². The Morgan fingerprint density at radius 2 is 1.88 bits per heavy atom. The number of likely N-dealkylation sites (tertiary alicyclic amines) is 2. The van der Waals surface area contributed by atoms with E-state index in [1.165, 1.54) is 6.07 Å². The van der Waals surface area contributed by atoms with Crippen molar-refractivity contribution in [3.05, 3.63) is 35.4 Å². The highest BCUT2D eigenvalue weighted by atomic mass is 19.2. The number of hydrogen-bond donors (Lipinski definition) is 0. The second-order valence-corrected chi connectivity index (χ2v) is 7.06. The highest BCUT2D eigenvalue weighted by Gasteiger charge is 2.44. The molecule has 2 fully saturated rings. The van der Waals surface area contributed by atoms with Gasteiger partial charge in [0.25, 0.3) is 0 Å². The van der Waals surface area contributed by atoms with Crippen molar-refractivity contribution in [2.75, 3.05) is 32.9 Å². The molecule has 1 spiro atoms. The van der Waals surface area contributed by atoms with Gasteiger partial charge in [0.15, 0.2) is 11.6 Å². The van der Waals surface area contributed by atoms with Crippen molar-refractivity contribution in [3.63, 3.8) is 0 Å². The molecule has 2 saturated heterocycles. The lowest BCUT2D eigenvalue weighted by Crippen LogP contribution is -2.41. The van der Waals surface area contributed by atoms with Crippen molar-refractivity contribution in [2.45, 2.75) is 32.2 Å². The Balaban J connectivity index is 1.58. The Labute approximate surface area is 140 Å². The summed E-state index contributed by atoms with van der Waals surface area (Å²) in [5, 5.41) is 0. The number of rotatable bonds is 5. The summed E-state index contributed by atoms with van der Waals surface area (Å²) >= 11 is 0. The van der Waals surface area contributed by atoms with Crippen molar-refractivity contribution in [1.29, 1.82) is 0 Å². The van der Waals surface area contributed by atoms with E-state index in [4.69, 9.17) is 0 Å². The molecule has 6 heteroatoms. The standard InChI is InChI=1S/C18H23F3N2O/c19-6-1-7-22-8-4-18(5-9-22)11-17(24)23(13-18)12-14-2-3-15(20)16(21)10-14/h2-3,10H,1,4-9,11-13H2. The number of amides is 1. The second kappa shape index (κ2) is 7.13. The summed E-state index contributed by atoms with van der Waals surface area (Å²) in [7, 11) is 0. The lowest BCUT2D eigenvalue weighted by atomic mass is 9.77. The SMILES string of the molecule is O=C1CC2(CCN(CCCF)CC2)CN1Cc1ccc(F)c(F)c1. The molecule has 1 aromatic rings. The second-order valence-electron chi connectivity index (χ2n) is 7.06. The molecule has 24 heavy (non-hydrogen) atoms. The number of benzene rings is 1. The van der Waals surface area contributed by atoms with Crippen molar-refractivity contribution in [2.24, 2.45) is 5.41 Å². The summed E-state index contributed by atoms with van der Waals surface area (Å²) in [6.45, 7) is 3.27. The van der Waals surface area contributed by atoms with E-state index in [-0.39, 0.29) is 18.0 Å². The van der Waals surface area contributed by atoms with Gasteiger partial charge in [0, 0.05) is 26.1 Å². The molecule has 0 bridgehead atoms. The number of hydrogen-bond acceptors (Lipinski definition) is 2. The molecule has 132 valence electrons. The molecule has 0 unspecified atom stereocenters. The molecule has 0 atom stereocenters. The van der Waals surface area contributed by atoms with Crippen molar-refractivity contribution >= 4 is 5.91 Å². The monoisotopic (exact) mass is 340 g/mol. The van der Waals surface area contributed by atoms with Gasteiger partial charge in [-0.1, -0.05) is 6.07 Å². The first-order valence-electron chi connectivity index (χ1n) is 8.51. The summed E-state index contributed by atoms with van der Waals surface area (Å²) in [6.07, 6.45) is 2.94. The number of halogens is 3. The first-order chi connectivity index (χ1) is 11.5. The average Bonchev–Trinajstić information content (AvgIpc) is 2.86. The highest BCUT2D eigenvalue weighted by molar-refractivity contribution is 5.79. The lowest BCUT2D eigenvalue weighted by Gasteiger charge is -2.38. The van der Waals surface area contributed by atoms with Crippen LogP contribution in [0.25, 0.3) is 0 Å². The maximum Gasteiger partial charge on any atom is 0.223 e. The van der Waals surface area contributed by atoms with E-state index < -0.39 is 11.6 Å². The predicted octanol–water partition coefficient (Wildman–Crippen LogP) is 3.14. The normalized spacial score (nSPS) is 21.0. The van der Waals surface area contributed by atoms with Gasteiger partial charge in [-0.25, -0.2) is 8.78 Å². The fourth-order valence-electron chi connectivity index (χ4n) is 3.85. The third-order valence-electron chi connectivity index (χ3n) is 5.29. The molecular formula is C18H23F3N2O. The highest BCUT2D eigenvalue weighted by Crippen LogP contribution is 2.41. The molecule has 0 radical (unpaired) electrons. The number of nitrogens with zero attached hydrogens (tertiary/aromatic N) is 2. The zero-order valence-electron chi connectivity index (χ0n) is 13.7. The molecule has 0 aliphatic carbocycles. The Morgan fingerprint density at radius 3 is 2.54 bits per heavy atom. The molecular weight excluding hydrogens is 317 g/mol. The van der Waals surface area contributed by atoms with Gasteiger partial charge in [-0.05, 0) is 55.5 Å². The molecule has 0 saturated carbocycles. The summed E-state index contributed by atoms with van der Waals surface area (Å²) in [6, 6.07) is 3.79. The molecule has 2 heterocycles. The van der Waals surface area contributed by atoms with Crippen LogP contribution in [-0.4, -0.2) is 48.6 Å². The molecule has 3 rings (SSSR count). The fraction of sp³-hybridized carbons (Fsp3) is 0.611. The Morgan fingerprint density at radius 1 is 1.12 bits per heavy atom. The summed E-state index contributed by atoms with van der Waals surface area (Å²) < 4.78 is 38.6. The van der Waals surface area contributed by atoms with Crippen LogP contribution in [0.5, 0.6) is 0 Å². The van der Waals surface area contributed by atoms with Gasteiger partial charge in [-0.3, -0.25) is 9.18 Å². The van der Waals surface area contributed by atoms with Crippen LogP contribution in [0.15, 0.2) is 18.2 Å². The van der Waals surface area contributed by atoms with Gasteiger partial charge in [-0.15, -0.1) is 0 Å². The minimum Gasteiger partial charge on any atom is -0.338 e. The molecule has 0 aromatic heterocycles. The van der Waals surface area contributed by atoms with Crippen LogP contribution in [0, 0.1) is 17.0 Å². The summed E-state index contributed by atoms with van der Waals surface area (Å²) in [5.41, 5.74) is 0.599. The molecule has 1 amide bonds. The number of alkyl halides is 1. The van der Waals surface area contributed by atoms with E-state index in [1.54, 1.807) is 4.90 Å². The topological polar surface area (TPSA) is 23.6 Å². The number of carbonyl (C=O) groups is 1. The van der Waals surface area contributed by atoms with Crippen LogP contribution in [0.2, 0.25) is 0 Å². The summed E-state index contributed by atoms with van der Waals surface area (Å²) in [4.78, 5) is 16.4.